The number of nitriles is 1. The van der Waals surface area contributed by atoms with Crippen molar-refractivity contribution in [2.75, 3.05) is 0 Å². The Hall–Kier alpha value is -3.68. The van der Waals surface area contributed by atoms with Crippen LogP contribution in [-0.2, 0) is 11.4 Å². The van der Waals surface area contributed by atoms with E-state index in [0.29, 0.717) is 22.5 Å². The van der Waals surface area contributed by atoms with Crippen LogP contribution in [-0.4, -0.2) is 9.97 Å². The van der Waals surface area contributed by atoms with Crippen molar-refractivity contribution < 1.29 is 0 Å². The van der Waals surface area contributed by atoms with Gasteiger partial charge in [0.15, 0.2) is 0 Å². The molecule has 0 unspecified atom stereocenters. The van der Waals surface area contributed by atoms with Crippen molar-refractivity contribution in [1.29, 1.82) is 5.26 Å². The van der Waals surface area contributed by atoms with E-state index in [1.54, 1.807) is 0 Å². The van der Waals surface area contributed by atoms with Crippen molar-refractivity contribution in [2.24, 2.45) is 8.73 Å². The van der Waals surface area contributed by atoms with Gasteiger partial charge in [-0.05, 0) is 17.7 Å². The van der Waals surface area contributed by atoms with Crippen molar-refractivity contribution in [1.82, 2.24) is 9.97 Å². The first kappa shape index (κ1) is 13.7. The Labute approximate surface area is 145 Å². The van der Waals surface area contributed by atoms with Gasteiger partial charge >= 0.3 is 0 Å². The second-order valence-corrected chi connectivity index (χ2v) is 6.04. The summed E-state index contributed by atoms with van der Waals surface area (Å²) in [4.78, 5) is 12.9. The molecule has 0 radical (unpaired) electrons. The zero-order valence-corrected chi connectivity index (χ0v) is 13.4. The molecule has 2 aliphatic rings. The van der Waals surface area contributed by atoms with Crippen LogP contribution >= 0.6 is 0 Å². The molecule has 0 amide bonds. The van der Waals surface area contributed by atoms with Gasteiger partial charge in [-0.3, -0.25) is 0 Å². The highest BCUT2D eigenvalue weighted by molar-refractivity contribution is 7.58. The highest BCUT2D eigenvalue weighted by Gasteiger charge is 2.29. The number of hydrogen-bond donors (Lipinski definition) is 0. The van der Waals surface area contributed by atoms with E-state index in [9.17, 15) is 5.26 Å². The van der Waals surface area contributed by atoms with E-state index in [0.717, 1.165) is 39.4 Å². The first-order valence-corrected chi connectivity index (χ1v) is 8.09. The summed E-state index contributed by atoms with van der Waals surface area (Å²) in [5.41, 5.74) is 6.48. The molecular formula is C18H6N6S. The molecule has 0 fully saturated rings. The topological polar surface area (TPSA) is 78.6 Å². The third-order valence-electron chi connectivity index (χ3n) is 4.18. The lowest BCUT2D eigenvalue weighted by Crippen LogP contribution is -1.93. The van der Waals surface area contributed by atoms with Crippen LogP contribution < -0.4 is 0 Å². The summed E-state index contributed by atoms with van der Waals surface area (Å²) >= 11 is 1.15. The zero-order chi connectivity index (χ0) is 17.0. The average Bonchev–Trinajstić information content (AvgIpc) is 3.22. The third-order valence-corrected chi connectivity index (χ3v) is 4.74. The Bertz CT molecular complexity index is 1280. The summed E-state index contributed by atoms with van der Waals surface area (Å²) in [6.07, 6.45) is 0. The van der Waals surface area contributed by atoms with E-state index in [4.69, 9.17) is 16.5 Å². The standard InChI is InChI=1S/C18H6N6S/c1-20-15(8-19)16-9-4-2-3-5-10(9)17-18(16)22-12-7-14-13(23-25-24-14)6-11(12)21-17/h2-7H/b16-15+. The molecule has 5 rings (SSSR count). The van der Waals surface area contributed by atoms with Crippen LogP contribution in [0.2, 0.25) is 0 Å². The van der Waals surface area contributed by atoms with E-state index in [2.05, 4.69) is 13.6 Å². The van der Waals surface area contributed by atoms with Crippen LogP contribution in [0.1, 0.15) is 11.3 Å². The monoisotopic (exact) mass is 338 g/mol. The molecule has 0 saturated heterocycles. The molecule has 114 valence electrons. The van der Waals surface area contributed by atoms with Gasteiger partial charge in [-0.15, -0.1) is 0 Å². The molecule has 0 N–H and O–H groups in total. The first-order valence-electron chi connectivity index (χ1n) is 7.36. The fourth-order valence-corrected chi connectivity index (χ4v) is 3.62. The van der Waals surface area contributed by atoms with Gasteiger partial charge < -0.3 is 0 Å². The van der Waals surface area contributed by atoms with E-state index in [-0.39, 0.29) is 5.70 Å². The van der Waals surface area contributed by atoms with Crippen LogP contribution in [0, 0.1) is 17.9 Å². The van der Waals surface area contributed by atoms with Gasteiger partial charge in [0.05, 0.1) is 46.4 Å². The summed E-state index contributed by atoms with van der Waals surface area (Å²) in [6, 6.07) is 13.3. The van der Waals surface area contributed by atoms with Crippen molar-refractivity contribution in [3.05, 3.63) is 64.8 Å². The maximum absolute atomic E-state index is 9.38. The van der Waals surface area contributed by atoms with Crippen LogP contribution in [0.3, 0.4) is 0 Å². The zero-order valence-electron chi connectivity index (χ0n) is 12.6. The predicted molar refractivity (Wildman–Crippen MR) is 94.8 cm³/mol. The van der Waals surface area contributed by atoms with Gasteiger partial charge in [0.1, 0.15) is 11.4 Å². The number of rotatable bonds is 0. The molecule has 0 spiro atoms. The highest BCUT2D eigenvalue weighted by atomic mass is 32.1. The SMILES string of the molecule is [C-]#[N+]/C(C#N)=C1\c2ccccc2-c2nc3cc4c(cc3nc21)N=S=N4. The van der Waals surface area contributed by atoms with E-state index in [1.165, 1.54) is 0 Å². The van der Waals surface area contributed by atoms with Crippen molar-refractivity contribution in [3.63, 3.8) is 0 Å². The number of fused-ring (bicyclic) bond motifs is 5. The highest BCUT2D eigenvalue weighted by Crippen LogP contribution is 2.45. The van der Waals surface area contributed by atoms with Crippen LogP contribution in [0.4, 0.5) is 11.4 Å². The number of benzene rings is 2. The maximum Gasteiger partial charge on any atom is 0.271 e. The molecule has 0 saturated carbocycles. The van der Waals surface area contributed by atoms with Crippen LogP contribution in [0.25, 0.3) is 32.7 Å². The Balaban J connectivity index is 1.92. The molecule has 0 bridgehead atoms. The Morgan fingerprint density at radius 1 is 1.00 bits per heavy atom. The van der Waals surface area contributed by atoms with Crippen LogP contribution in [0.15, 0.2) is 50.8 Å². The first-order chi connectivity index (χ1) is 12.3. The van der Waals surface area contributed by atoms with Gasteiger partial charge in [-0.25, -0.2) is 20.1 Å². The molecular weight excluding hydrogens is 332 g/mol. The number of aromatic nitrogens is 2. The number of allylic oxidation sites excluding steroid dienone is 1. The van der Waals surface area contributed by atoms with Crippen LogP contribution in [0.5, 0.6) is 0 Å². The largest absolute Gasteiger partial charge is 0.271 e. The Morgan fingerprint density at radius 3 is 2.28 bits per heavy atom. The van der Waals surface area contributed by atoms with E-state index >= 15 is 0 Å². The van der Waals surface area contributed by atoms with Crippen molar-refractivity contribution in [2.45, 2.75) is 0 Å². The molecule has 1 aliphatic carbocycles. The fraction of sp³-hybridized carbons (Fsp3) is 0. The summed E-state index contributed by atoms with van der Waals surface area (Å²) in [5.74, 6) is 0. The summed E-state index contributed by atoms with van der Waals surface area (Å²) in [6.45, 7) is 7.34. The predicted octanol–water partition coefficient (Wildman–Crippen LogP) is 4.54. The Kier molecular flexibility index (Phi) is 2.69. The van der Waals surface area contributed by atoms with Crippen molar-refractivity contribution in [3.8, 4) is 17.3 Å². The summed E-state index contributed by atoms with van der Waals surface area (Å²) < 4.78 is 8.49. The molecule has 25 heavy (non-hydrogen) atoms. The summed E-state index contributed by atoms with van der Waals surface area (Å²) in [7, 11) is 0. The molecule has 6 nitrogen and oxygen atoms in total. The smallest absolute Gasteiger partial charge is 0.245 e. The normalized spacial score (nSPS) is 15.0. The van der Waals surface area contributed by atoms with Gasteiger partial charge in [-0.2, -0.15) is 8.73 Å². The fourth-order valence-electron chi connectivity index (χ4n) is 3.11. The Morgan fingerprint density at radius 2 is 1.64 bits per heavy atom. The number of hydrogen-bond acceptors (Lipinski definition) is 5. The molecule has 3 aromatic rings. The second-order valence-electron chi connectivity index (χ2n) is 5.51. The lowest BCUT2D eigenvalue weighted by molar-refractivity contribution is 1.27. The average molecular weight is 338 g/mol. The third kappa shape index (κ3) is 1.81. The lowest BCUT2D eigenvalue weighted by atomic mass is 10.0. The lowest BCUT2D eigenvalue weighted by Gasteiger charge is -2.05. The quantitative estimate of drug-likeness (QED) is 0.307. The van der Waals surface area contributed by atoms with Gasteiger partial charge in [-0.1, -0.05) is 24.3 Å². The van der Waals surface area contributed by atoms with E-state index in [1.807, 2.05) is 42.5 Å². The summed E-state index contributed by atoms with van der Waals surface area (Å²) in [5, 5.41) is 9.38. The number of nitrogens with zero attached hydrogens (tertiary/aromatic N) is 6. The molecule has 0 atom stereocenters. The van der Waals surface area contributed by atoms with Gasteiger partial charge in [0, 0.05) is 11.1 Å². The second kappa shape index (κ2) is 4.91. The van der Waals surface area contributed by atoms with Gasteiger partial charge in [0.2, 0.25) is 0 Å². The van der Waals surface area contributed by atoms with Crippen molar-refractivity contribution >= 4 is 39.3 Å². The molecule has 7 heteroatoms. The minimum Gasteiger partial charge on any atom is -0.245 e. The minimum atomic E-state index is 0.0243. The minimum absolute atomic E-state index is 0.0243. The molecule has 2 heterocycles. The molecule has 2 aromatic carbocycles. The van der Waals surface area contributed by atoms with E-state index < -0.39 is 0 Å². The molecule has 1 aliphatic heterocycles. The maximum atomic E-state index is 9.38. The van der Waals surface area contributed by atoms with Gasteiger partial charge in [0.25, 0.3) is 5.70 Å². The molecule has 1 aromatic heterocycles.